The molecule has 0 aliphatic carbocycles. The normalized spacial score (nSPS) is 21.9. The number of sulfonamides is 1. The first kappa shape index (κ1) is 18.2. The third-order valence-corrected chi connectivity index (χ3v) is 5.10. The molecule has 8 heteroatoms. The van der Waals surface area contributed by atoms with E-state index in [0.717, 1.165) is 5.56 Å². The highest BCUT2D eigenvalue weighted by molar-refractivity contribution is 7.89. The number of benzene rings is 1. The molecule has 1 fully saturated rings. The van der Waals surface area contributed by atoms with Gasteiger partial charge in [0.05, 0.1) is 24.2 Å². The first-order valence-corrected chi connectivity index (χ1v) is 7.90. The first-order valence-electron chi connectivity index (χ1n) is 6.41. The molecule has 3 N–H and O–H groups in total. The lowest BCUT2D eigenvalue weighted by Crippen LogP contribution is -2.42. The molecule has 120 valence electrons. The van der Waals surface area contributed by atoms with E-state index in [1.54, 1.807) is 13.0 Å². The number of hydrogen-bond donors (Lipinski definition) is 3. The number of aliphatic hydroxyl groups is 1. The Morgan fingerprint density at radius 2 is 1.95 bits per heavy atom. The van der Waals surface area contributed by atoms with Gasteiger partial charge in [-0.2, -0.15) is 0 Å². The SMILES string of the molecule is COc1cc(S(=O)(=O)N[C@@H]2CNC[C@H]2O)c(C)cc1C.Cl. The van der Waals surface area contributed by atoms with Crippen LogP contribution >= 0.6 is 12.4 Å². The van der Waals surface area contributed by atoms with Crippen LogP contribution < -0.4 is 14.8 Å². The third kappa shape index (κ3) is 3.87. The van der Waals surface area contributed by atoms with Gasteiger partial charge in [-0.3, -0.25) is 0 Å². The lowest BCUT2D eigenvalue weighted by Gasteiger charge is -2.18. The smallest absolute Gasteiger partial charge is 0.241 e. The Labute approximate surface area is 131 Å². The van der Waals surface area contributed by atoms with Gasteiger partial charge in [0.15, 0.2) is 0 Å². The minimum atomic E-state index is -3.69. The van der Waals surface area contributed by atoms with Crippen molar-refractivity contribution in [2.24, 2.45) is 0 Å². The molecule has 21 heavy (non-hydrogen) atoms. The van der Waals surface area contributed by atoms with Gasteiger partial charge in [-0.15, -0.1) is 12.4 Å². The molecule has 0 saturated carbocycles. The zero-order valence-electron chi connectivity index (χ0n) is 12.2. The molecule has 1 heterocycles. The maximum absolute atomic E-state index is 12.4. The van der Waals surface area contributed by atoms with Gasteiger partial charge in [0.2, 0.25) is 10.0 Å². The molecule has 6 nitrogen and oxygen atoms in total. The molecule has 0 bridgehead atoms. The van der Waals surface area contributed by atoms with E-state index in [0.29, 0.717) is 24.4 Å². The number of ether oxygens (including phenoxy) is 1. The molecule has 0 amide bonds. The number of rotatable bonds is 4. The van der Waals surface area contributed by atoms with Gasteiger partial charge in [0.1, 0.15) is 5.75 Å². The molecule has 1 aromatic rings. The molecule has 0 aromatic heterocycles. The molecule has 2 atom stereocenters. The quantitative estimate of drug-likeness (QED) is 0.738. The Bertz CT molecular complexity index is 606. The van der Waals surface area contributed by atoms with Crippen LogP contribution in [0.5, 0.6) is 5.75 Å². The molecular weight excluding hydrogens is 316 g/mol. The predicted octanol–water partition coefficient (Wildman–Crippen LogP) is 0.345. The van der Waals surface area contributed by atoms with Gasteiger partial charge in [-0.25, -0.2) is 13.1 Å². The lowest BCUT2D eigenvalue weighted by molar-refractivity contribution is 0.172. The summed E-state index contributed by atoms with van der Waals surface area (Å²) in [7, 11) is -2.18. The number of halogens is 1. The van der Waals surface area contributed by atoms with Gasteiger partial charge in [0.25, 0.3) is 0 Å². The Morgan fingerprint density at radius 1 is 1.29 bits per heavy atom. The minimum absolute atomic E-state index is 0. The minimum Gasteiger partial charge on any atom is -0.496 e. The van der Waals surface area contributed by atoms with Crippen molar-refractivity contribution >= 4 is 22.4 Å². The van der Waals surface area contributed by atoms with Crippen LogP contribution in [0.4, 0.5) is 0 Å². The van der Waals surface area contributed by atoms with Crippen molar-refractivity contribution in [3.05, 3.63) is 23.3 Å². The van der Waals surface area contributed by atoms with Crippen LogP contribution in [0.1, 0.15) is 11.1 Å². The average Bonchev–Trinajstić information content (AvgIpc) is 2.74. The van der Waals surface area contributed by atoms with Crippen LogP contribution in [0.3, 0.4) is 0 Å². The highest BCUT2D eigenvalue weighted by Crippen LogP contribution is 2.26. The van der Waals surface area contributed by atoms with Crippen LogP contribution in [0.2, 0.25) is 0 Å². The maximum atomic E-state index is 12.4. The highest BCUT2D eigenvalue weighted by atomic mass is 35.5. The Morgan fingerprint density at radius 3 is 2.48 bits per heavy atom. The zero-order chi connectivity index (χ0) is 14.9. The van der Waals surface area contributed by atoms with Crippen molar-refractivity contribution in [2.75, 3.05) is 20.2 Å². The van der Waals surface area contributed by atoms with E-state index in [1.165, 1.54) is 13.2 Å². The molecule has 1 aromatic carbocycles. The summed E-state index contributed by atoms with van der Waals surface area (Å²) in [6.07, 6.45) is -0.711. The fraction of sp³-hybridized carbons (Fsp3) is 0.538. The first-order chi connectivity index (χ1) is 9.35. The molecule has 0 spiro atoms. The summed E-state index contributed by atoms with van der Waals surface area (Å²) in [5.41, 5.74) is 1.53. The summed E-state index contributed by atoms with van der Waals surface area (Å²) in [6, 6.07) is 2.78. The highest BCUT2D eigenvalue weighted by Gasteiger charge is 2.30. The van der Waals surface area contributed by atoms with E-state index in [9.17, 15) is 13.5 Å². The van der Waals surface area contributed by atoms with E-state index in [2.05, 4.69) is 10.0 Å². The summed E-state index contributed by atoms with van der Waals surface area (Å²) in [6.45, 7) is 4.41. The largest absolute Gasteiger partial charge is 0.496 e. The molecule has 1 aliphatic heterocycles. The summed E-state index contributed by atoms with van der Waals surface area (Å²) in [5, 5.41) is 12.6. The molecule has 0 radical (unpaired) electrons. The second-order valence-corrected chi connectivity index (χ2v) is 6.72. The average molecular weight is 337 g/mol. The second kappa shape index (κ2) is 6.93. The number of β-amino-alcohol motifs (C(OH)–C–C–N with tert-alkyl or cyclic N) is 1. The van der Waals surface area contributed by atoms with Gasteiger partial charge in [0, 0.05) is 19.2 Å². The van der Waals surface area contributed by atoms with Gasteiger partial charge < -0.3 is 15.2 Å². The second-order valence-electron chi connectivity index (χ2n) is 5.04. The van der Waals surface area contributed by atoms with Crippen molar-refractivity contribution < 1.29 is 18.3 Å². The van der Waals surface area contributed by atoms with Gasteiger partial charge in [-0.1, -0.05) is 6.07 Å². The molecular formula is C13H21ClN2O4S. The summed E-state index contributed by atoms with van der Waals surface area (Å²) in [5.74, 6) is 0.529. The predicted molar refractivity (Wildman–Crippen MR) is 82.7 cm³/mol. The number of aryl methyl sites for hydroxylation is 2. The van der Waals surface area contributed by atoms with E-state index in [4.69, 9.17) is 4.74 Å². The van der Waals surface area contributed by atoms with E-state index >= 15 is 0 Å². The van der Waals surface area contributed by atoms with Crippen LogP contribution in [0.15, 0.2) is 17.0 Å². The maximum Gasteiger partial charge on any atom is 0.241 e. The fourth-order valence-electron chi connectivity index (χ4n) is 2.37. The fourth-order valence-corrected chi connectivity index (χ4v) is 3.88. The standard InChI is InChI=1S/C13H20N2O4S.ClH/c1-8-4-9(2)13(5-12(8)19-3)20(17,18)15-10-6-14-7-11(10)16;/h4-5,10-11,14-16H,6-7H2,1-3H3;1H/t10-,11-;/m1./s1. The lowest BCUT2D eigenvalue weighted by atomic mass is 10.1. The molecule has 0 unspecified atom stereocenters. The molecule has 1 saturated heterocycles. The number of hydrogen-bond acceptors (Lipinski definition) is 5. The number of aliphatic hydroxyl groups excluding tert-OH is 1. The summed E-state index contributed by atoms with van der Waals surface area (Å²) < 4.78 is 32.6. The van der Waals surface area contributed by atoms with Crippen LogP contribution in [-0.4, -0.2) is 45.9 Å². The van der Waals surface area contributed by atoms with Crippen molar-refractivity contribution in [3.63, 3.8) is 0 Å². The van der Waals surface area contributed by atoms with E-state index < -0.39 is 22.2 Å². The van der Waals surface area contributed by atoms with Crippen molar-refractivity contribution in [3.8, 4) is 5.75 Å². The van der Waals surface area contributed by atoms with Crippen molar-refractivity contribution in [2.45, 2.75) is 30.9 Å². The number of nitrogens with one attached hydrogen (secondary N) is 2. The van der Waals surface area contributed by atoms with Crippen LogP contribution in [-0.2, 0) is 10.0 Å². The summed E-state index contributed by atoms with van der Waals surface area (Å²) in [4.78, 5) is 0.180. The topological polar surface area (TPSA) is 87.7 Å². The molecule has 1 aliphatic rings. The van der Waals surface area contributed by atoms with Gasteiger partial charge in [-0.05, 0) is 25.0 Å². The van der Waals surface area contributed by atoms with E-state index in [-0.39, 0.29) is 17.3 Å². The molecule has 2 rings (SSSR count). The van der Waals surface area contributed by atoms with Crippen molar-refractivity contribution in [1.29, 1.82) is 0 Å². The third-order valence-electron chi connectivity index (χ3n) is 3.47. The van der Waals surface area contributed by atoms with Crippen LogP contribution in [0, 0.1) is 13.8 Å². The summed E-state index contributed by atoms with van der Waals surface area (Å²) >= 11 is 0. The van der Waals surface area contributed by atoms with E-state index in [1.807, 2.05) is 6.92 Å². The Kier molecular flexibility index (Phi) is 6.01. The zero-order valence-corrected chi connectivity index (χ0v) is 13.8. The number of methoxy groups -OCH3 is 1. The monoisotopic (exact) mass is 336 g/mol. The van der Waals surface area contributed by atoms with Gasteiger partial charge >= 0.3 is 0 Å². The Hall–Kier alpha value is -0.860. The Balaban J connectivity index is 0.00000220. The van der Waals surface area contributed by atoms with Crippen LogP contribution in [0.25, 0.3) is 0 Å². The van der Waals surface area contributed by atoms with Crippen molar-refractivity contribution in [1.82, 2.24) is 10.0 Å².